The number of Topliss-reactive ketones (excluding diaryl/α,β-unsaturated/α-hetero) is 1. The summed E-state index contributed by atoms with van der Waals surface area (Å²) in [6.45, 7) is 7.95. The summed E-state index contributed by atoms with van der Waals surface area (Å²) in [6, 6.07) is -0.447. The van der Waals surface area contributed by atoms with Gasteiger partial charge in [-0.1, -0.05) is 27.7 Å². The van der Waals surface area contributed by atoms with Crippen molar-refractivity contribution in [1.29, 1.82) is 0 Å². The molecule has 4 heteroatoms. The zero-order valence-corrected chi connectivity index (χ0v) is 9.78. The number of carboxylic acid groups (broad SMARTS) is 1. The van der Waals surface area contributed by atoms with Gasteiger partial charge >= 0.3 is 6.09 Å². The van der Waals surface area contributed by atoms with Gasteiger partial charge in [0.1, 0.15) is 0 Å². The zero-order valence-electron chi connectivity index (χ0n) is 9.78. The number of likely N-dealkylation sites (tertiary alicyclic amines) is 1. The first-order chi connectivity index (χ1) is 6.73. The molecule has 4 nitrogen and oxygen atoms in total. The summed E-state index contributed by atoms with van der Waals surface area (Å²) in [5.74, 6) is 0.298. The fourth-order valence-corrected chi connectivity index (χ4v) is 2.01. The summed E-state index contributed by atoms with van der Waals surface area (Å²) in [4.78, 5) is 24.3. The summed E-state index contributed by atoms with van der Waals surface area (Å²) in [6.07, 6.45) is -0.329. The molecule has 1 saturated heterocycles. The topological polar surface area (TPSA) is 57.6 Å². The minimum absolute atomic E-state index is 0.0225. The molecule has 15 heavy (non-hydrogen) atoms. The van der Waals surface area contributed by atoms with Crippen molar-refractivity contribution in [2.75, 3.05) is 6.54 Å². The molecule has 86 valence electrons. The second kappa shape index (κ2) is 3.83. The van der Waals surface area contributed by atoms with Crippen LogP contribution in [0.15, 0.2) is 0 Å². The largest absolute Gasteiger partial charge is 0.465 e. The molecule has 0 saturated carbocycles. The van der Waals surface area contributed by atoms with Gasteiger partial charge in [-0.3, -0.25) is 9.69 Å². The monoisotopic (exact) mass is 213 g/mol. The number of carbonyl (C=O) groups is 2. The van der Waals surface area contributed by atoms with Gasteiger partial charge in [-0.25, -0.2) is 4.79 Å². The smallest absolute Gasteiger partial charge is 0.407 e. The molecule has 1 N–H and O–H groups in total. The Bertz CT molecular complexity index is 280. The Labute approximate surface area is 90.3 Å². The van der Waals surface area contributed by atoms with Gasteiger partial charge in [0.15, 0.2) is 5.78 Å². The first kappa shape index (κ1) is 12.0. The van der Waals surface area contributed by atoms with Gasteiger partial charge < -0.3 is 5.11 Å². The van der Waals surface area contributed by atoms with E-state index in [-0.39, 0.29) is 11.7 Å². The van der Waals surface area contributed by atoms with Gasteiger partial charge in [0.05, 0.1) is 6.04 Å². The van der Waals surface area contributed by atoms with Gasteiger partial charge in [-0.2, -0.15) is 0 Å². The SMILES string of the molecule is CC1C[C@@H](C(=O)C(C)(C)C)N(C(=O)O)C1. The predicted octanol–water partition coefficient (Wildman–Crippen LogP) is 1.99. The number of rotatable bonds is 1. The van der Waals surface area contributed by atoms with E-state index in [0.717, 1.165) is 0 Å². The van der Waals surface area contributed by atoms with E-state index in [1.165, 1.54) is 4.90 Å². The van der Waals surface area contributed by atoms with Crippen molar-refractivity contribution in [2.24, 2.45) is 11.3 Å². The average molecular weight is 213 g/mol. The molecule has 0 aromatic heterocycles. The van der Waals surface area contributed by atoms with E-state index in [4.69, 9.17) is 5.11 Å². The minimum atomic E-state index is -0.984. The van der Waals surface area contributed by atoms with E-state index in [2.05, 4.69) is 0 Å². The van der Waals surface area contributed by atoms with Crippen LogP contribution < -0.4 is 0 Å². The van der Waals surface area contributed by atoms with Gasteiger partial charge in [0, 0.05) is 12.0 Å². The van der Waals surface area contributed by atoms with Crippen LogP contribution in [0.4, 0.5) is 4.79 Å². The van der Waals surface area contributed by atoms with Crippen molar-refractivity contribution in [2.45, 2.75) is 40.2 Å². The Morgan fingerprint density at radius 1 is 1.33 bits per heavy atom. The van der Waals surface area contributed by atoms with E-state index in [0.29, 0.717) is 13.0 Å². The van der Waals surface area contributed by atoms with Gasteiger partial charge in [-0.05, 0) is 12.3 Å². The van der Waals surface area contributed by atoms with Crippen LogP contribution in [0.2, 0.25) is 0 Å². The van der Waals surface area contributed by atoms with Crippen LogP contribution in [0.3, 0.4) is 0 Å². The maximum Gasteiger partial charge on any atom is 0.407 e. The molecular weight excluding hydrogens is 194 g/mol. The summed E-state index contributed by atoms with van der Waals surface area (Å²) >= 11 is 0. The fourth-order valence-electron chi connectivity index (χ4n) is 2.01. The lowest BCUT2D eigenvalue weighted by atomic mass is 9.85. The van der Waals surface area contributed by atoms with Gasteiger partial charge in [0.2, 0.25) is 0 Å². The van der Waals surface area contributed by atoms with Crippen LogP contribution in [-0.2, 0) is 4.79 Å². The number of nitrogens with zero attached hydrogens (tertiary/aromatic N) is 1. The molecule has 0 spiro atoms. The van der Waals surface area contributed by atoms with E-state index >= 15 is 0 Å². The predicted molar refractivity (Wildman–Crippen MR) is 56.8 cm³/mol. The Hall–Kier alpha value is -1.06. The Kier molecular flexibility index (Phi) is 3.07. The Balaban J connectivity index is 2.85. The van der Waals surface area contributed by atoms with Crippen LogP contribution in [0.25, 0.3) is 0 Å². The highest BCUT2D eigenvalue weighted by Crippen LogP contribution is 2.29. The average Bonchev–Trinajstić information content (AvgIpc) is 2.44. The lowest BCUT2D eigenvalue weighted by molar-refractivity contribution is -0.130. The molecule has 1 rings (SSSR count). The quantitative estimate of drug-likeness (QED) is 0.724. The van der Waals surface area contributed by atoms with Crippen LogP contribution in [0.1, 0.15) is 34.1 Å². The molecule has 1 aliphatic heterocycles. The normalized spacial score (nSPS) is 26.8. The molecule has 0 aromatic carbocycles. The third-order valence-electron chi connectivity index (χ3n) is 2.80. The van der Waals surface area contributed by atoms with Crippen LogP contribution in [0, 0.1) is 11.3 Å². The van der Waals surface area contributed by atoms with Gasteiger partial charge in [-0.15, -0.1) is 0 Å². The van der Waals surface area contributed by atoms with Crippen molar-refractivity contribution in [3.8, 4) is 0 Å². The van der Waals surface area contributed by atoms with Gasteiger partial charge in [0.25, 0.3) is 0 Å². The molecule has 1 aliphatic rings. The second-order valence-electron chi connectivity index (χ2n) is 5.41. The summed E-state index contributed by atoms with van der Waals surface area (Å²) in [5.41, 5.74) is -0.470. The fraction of sp³-hybridized carbons (Fsp3) is 0.818. The molecule has 1 heterocycles. The molecule has 1 unspecified atom stereocenters. The van der Waals surface area contributed by atoms with E-state index in [9.17, 15) is 9.59 Å². The zero-order chi connectivity index (χ0) is 11.8. The lowest BCUT2D eigenvalue weighted by Gasteiger charge is -2.26. The number of hydrogen-bond acceptors (Lipinski definition) is 2. The highest BCUT2D eigenvalue weighted by molar-refractivity contribution is 5.91. The van der Waals surface area contributed by atoms with E-state index < -0.39 is 17.6 Å². The molecule has 0 bridgehead atoms. The maximum absolute atomic E-state index is 12.0. The standard InChI is InChI=1S/C11H19NO3/c1-7-5-8(9(13)11(2,3)4)12(6-7)10(14)15/h7-8H,5-6H2,1-4H3,(H,14,15)/t7?,8-/m0/s1. The van der Waals surface area contributed by atoms with Crippen molar-refractivity contribution >= 4 is 11.9 Å². The number of ketones is 1. The van der Waals surface area contributed by atoms with Crippen molar-refractivity contribution in [1.82, 2.24) is 4.90 Å². The van der Waals surface area contributed by atoms with Crippen molar-refractivity contribution < 1.29 is 14.7 Å². The Morgan fingerprint density at radius 2 is 1.87 bits per heavy atom. The van der Waals surface area contributed by atoms with Crippen molar-refractivity contribution in [3.05, 3.63) is 0 Å². The molecule has 0 radical (unpaired) electrons. The van der Waals surface area contributed by atoms with E-state index in [1.807, 2.05) is 27.7 Å². The van der Waals surface area contributed by atoms with Crippen LogP contribution in [-0.4, -0.2) is 34.5 Å². The summed E-state index contributed by atoms with van der Waals surface area (Å²) < 4.78 is 0. The summed E-state index contributed by atoms with van der Waals surface area (Å²) in [7, 11) is 0. The molecule has 0 aliphatic carbocycles. The van der Waals surface area contributed by atoms with E-state index in [1.54, 1.807) is 0 Å². The van der Waals surface area contributed by atoms with Crippen molar-refractivity contribution in [3.63, 3.8) is 0 Å². The minimum Gasteiger partial charge on any atom is -0.465 e. The molecule has 0 aromatic rings. The summed E-state index contributed by atoms with van der Waals surface area (Å²) in [5, 5.41) is 8.99. The number of hydrogen-bond donors (Lipinski definition) is 1. The first-order valence-electron chi connectivity index (χ1n) is 5.27. The molecular formula is C11H19NO3. The molecule has 1 amide bonds. The highest BCUT2D eigenvalue weighted by Gasteiger charge is 2.41. The van der Waals surface area contributed by atoms with Crippen LogP contribution in [0.5, 0.6) is 0 Å². The third-order valence-corrected chi connectivity index (χ3v) is 2.80. The third kappa shape index (κ3) is 2.49. The van der Waals surface area contributed by atoms with Crippen LogP contribution >= 0.6 is 0 Å². The highest BCUT2D eigenvalue weighted by atomic mass is 16.4. The first-order valence-corrected chi connectivity index (χ1v) is 5.27. The maximum atomic E-state index is 12.0. The second-order valence-corrected chi connectivity index (χ2v) is 5.41. The number of amides is 1. The molecule has 2 atom stereocenters. The molecule has 1 fully saturated rings. The lowest BCUT2D eigenvalue weighted by Crippen LogP contribution is -2.44. The Morgan fingerprint density at radius 3 is 2.27 bits per heavy atom. The number of carbonyl (C=O) groups excluding carboxylic acids is 1.